The number of aromatic nitrogens is 1. The Morgan fingerprint density at radius 2 is 2.11 bits per heavy atom. The molecule has 1 aromatic heterocycles. The van der Waals surface area contributed by atoms with E-state index in [0.717, 1.165) is 12.1 Å². The summed E-state index contributed by atoms with van der Waals surface area (Å²) in [5, 5.41) is 10.7. The van der Waals surface area contributed by atoms with E-state index in [9.17, 15) is 14.5 Å². The molecule has 0 bridgehead atoms. The Morgan fingerprint density at radius 1 is 1.37 bits per heavy atom. The van der Waals surface area contributed by atoms with E-state index in [1.54, 1.807) is 0 Å². The molecule has 1 aromatic carbocycles. The Kier molecular flexibility index (Phi) is 3.61. The number of nitrogens with zero attached hydrogens (tertiary/aromatic N) is 2. The molecule has 98 valence electrons. The van der Waals surface area contributed by atoms with Gasteiger partial charge in [-0.3, -0.25) is 10.1 Å². The zero-order chi connectivity index (χ0) is 14.0. The first kappa shape index (κ1) is 13.2. The molecule has 0 aliphatic heterocycles. The molecule has 0 radical (unpaired) electrons. The summed E-state index contributed by atoms with van der Waals surface area (Å²) in [5.41, 5.74) is 5.14. The van der Waals surface area contributed by atoms with Gasteiger partial charge in [0.1, 0.15) is 5.82 Å². The predicted molar refractivity (Wildman–Crippen MR) is 69.5 cm³/mol. The molecule has 2 N–H and O–H groups in total. The third kappa shape index (κ3) is 3.16. The van der Waals surface area contributed by atoms with Gasteiger partial charge in [0.25, 0.3) is 5.69 Å². The van der Waals surface area contributed by atoms with Gasteiger partial charge in [0.15, 0.2) is 11.6 Å². The second-order valence-corrected chi connectivity index (χ2v) is 4.44. The monoisotopic (exact) mass is 327 g/mol. The molecule has 0 atom stereocenters. The van der Waals surface area contributed by atoms with Gasteiger partial charge in [0.2, 0.25) is 5.88 Å². The molecular weight excluding hydrogens is 321 g/mol. The Hall–Kier alpha value is -2.22. The normalized spacial score (nSPS) is 10.2. The quantitative estimate of drug-likeness (QED) is 0.690. The summed E-state index contributed by atoms with van der Waals surface area (Å²) < 4.78 is 19.2. The smallest absolute Gasteiger partial charge is 0.278 e. The van der Waals surface area contributed by atoms with Gasteiger partial charge in [-0.2, -0.15) is 4.98 Å². The average Bonchev–Trinajstić information content (AvgIpc) is 2.33. The number of nitro groups is 1. The Morgan fingerprint density at radius 3 is 2.79 bits per heavy atom. The molecule has 0 unspecified atom stereocenters. The van der Waals surface area contributed by atoms with Gasteiger partial charge in [-0.15, -0.1) is 0 Å². The van der Waals surface area contributed by atoms with E-state index >= 15 is 0 Å². The van der Waals surface area contributed by atoms with E-state index in [2.05, 4.69) is 20.9 Å². The van der Waals surface area contributed by atoms with Crippen LogP contribution in [0.4, 0.5) is 15.9 Å². The summed E-state index contributed by atoms with van der Waals surface area (Å²) in [7, 11) is 0. The van der Waals surface area contributed by atoms with Crippen LogP contribution in [-0.2, 0) is 0 Å². The van der Waals surface area contributed by atoms with E-state index in [4.69, 9.17) is 10.5 Å². The number of ether oxygens (including phenoxy) is 1. The maximum atomic E-state index is 13.5. The molecule has 2 rings (SSSR count). The summed E-state index contributed by atoms with van der Waals surface area (Å²) in [6.45, 7) is 0. The topological polar surface area (TPSA) is 91.3 Å². The number of hydrogen-bond donors (Lipinski definition) is 1. The van der Waals surface area contributed by atoms with Gasteiger partial charge in [0.05, 0.1) is 17.1 Å². The third-order valence-corrected chi connectivity index (χ3v) is 2.62. The Balaban J connectivity index is 2.38. The molecule has 8 heteroatoms. The second kappa shape index (κ2) is 5.19. The van der Waals surface area contributed by atoms with E-state index in [1.807, 2.05) is 0 Å². The number of benzene rings is 1. The van der Waals surface area contributed by atoms with Crippen LogP contribution in [0, 0.1) is 15.9 Å². The molecule has 0 amide bonds. The van der Waals surface area contributed by atoms with Gasteiger partial charge < -0.3 is 10.5 Å². The lowest BCUT2D eigenvalue weighted by Gasteiger charge is -2.06. The van der Waals surface area contributed by atoms with Gasteiger partial charge in [-0.05, 0) is 18.2 Å². The largest absolute Gasteiger partial charge is 0.436 e. The number of rotatable bonds is 3. The fourth-order valence-corrected chi connectivity index (χ4v) is 1.68. The molecule has 0 saturated carbocycles. The van der Waals surface area contributed by atoms with Crippen LogP contribution < -0.4 is 10.5 Å². The van der Waals surface area contributed by atoms with E-state index < -0.39 is 10.7 Å². The van der Waals surface area contributed by atoms with Crippen molar-refractivity contribution in [2.24, 2.45) is 0 Å². The highest BCUT2D eigenvalue weighted by Gasteiger charge is 2.13. The van der Waals surface area contributed by atoms with Crippen molar-refractivity contribution in [1.82, 2.24) is 4.98 Å². The maximum absolute atomic E-state index is 13.5. The Labute approximate surface area is 115 Å². The summed E-state index contributed by atoms with van der Waals surface area (Å²) in [6.07, 6.45) is 0. The number of nitrogens with two attached hydrogens (primary N) is 1. The minimum atomic E-state index is -0.637. The number of nitrogen functional groups attached to an aromatic ring is 1. The number of halogens is 2. The van der Waals surface area contributed by atoms with Crippen LogP contribution in [0.3, 0.4) is 0 Å². The molecule has 0 fully saturated rings. The zero-order valence-electron chi connectivity index (χ0n) is 9.34. The van der Waals surface area contributed by atoms with E-state index in [-0.39, 0.29) is 23.1 Å². The molecular formula is C11H7BrFN3O3. The molecule has 0 aliphatic carbocycles. The Bertz CT molecular complexity index is 651. The number of pyridine rings is 1. The second-order valence-electron chi connectivity index (χ2n) is 3.52. The van der Waals surface area contributed by atoms with Gasteiger partial charge in [-0.25, -0.2) is 4.39 Å². The zero-order valence-corrected chi connectivity index (χ0v) is 10.9. The molecule has 19 heavy (non-hydrogen) atoms. The summed E-state index contributed by atoms with van der Waals surface area (Å²) in [4.78, 5) is 13.8. The highest BCUT2D eigenvalue weighted by Crippen LogP contribution is 2.29. The maximum Gasteiger partial charge on any atom is 0.278 e. The standard InChI is InChI=1S/C11H7BrFN3O3/c12-6-1-2-8(13)9(3-6)19-11-5-7(16(17)18)4-10(14)15-11/h1-5H,(H2,14,15). The molecule has 0 aliphatic rings. The van der Waals surface area contributed by atoms with Crippen LogP contribution in [0.15, 0.2) is 34.8 Å². The number of hydrogen-bond acceptors (Lipinski definition) is 5. The van der Waals surface area contributed by atoms with Gasteiger partial charge in [0, 0.05) is 4.47 Å². The fourth-order valence-electron chi connectivity index (χ4n) is 1.34. The fraction of sp³-hybridized carbons (Fsp3) is 0. The van der Waals surface area contributed by atoms with Crippen molar-refractivity contribution in [2.45, 2.75) is 0 Å². The van der Waals surface area contributed by atoms with Crippen LogP contribution >= 0.6 is 15.9 Å². The van der Waals surface area contributed by atoms with Crippen LogP contribution in [-0.4, -0.2) is 9.91 Å². The van der Waals surface area contributed by atoms with Crippen LogP contribution in [0.1, 0.15) is 0 Å². The molecule has 0 saturated heterocycles. The van der Waals surface area contributed by atoms with Gasteiger partial charge in [-0.1, -0.05) is 15.9 Å². The molecule has 6 nitrogen and oxygen atoms in total. The SMILES string of the molecule is Nc1cc([N+](=O)[O-])cc(Oc2cc(Br)ccc2F)n1. The minimum Gasteiger partial charge on any atom is -0.436 e. The van der Waals surface area contributed by atoms with Crippen LogP contribution in [0.5, 0.6) is 11.6 Å². The van der Waals surface area contributed by atoms with Crippen molar-refractivity contribution < 1.29 is 14.1 Å². The first-order valence-corrected chi connectivity index (χ1v) is 5.80. The lowest BCUT2D eigenvalue weighted by atomic mass is 10.3. The molecule has 0 spiro atoms. The van der Waals surface area contributed by atoms with Crippen LogP contribution in [0.2, 0.25) is 0 Å². The molecule has 1 heterocycles. The van der Waals surface area contributed by atoms with Crippen molar-refractivity contribution in [3.05, 3.63) is 50.7 Å². The lowest BCUT2D eigenvalue weighted by molar-refractivity contribution is -0.384. The highest BCUT2D eigenvalue weighted by atomic mass is 79.9. The number of anilines is 1. The van der Waals surface area contributed by atoms with Crippen molar-refractivity contribution >= 4 is 27.4 Å². The van der Waals surface area contributed by atoms with Crippen molar-refractivity contribution in [1.29, 1.82) is 0 Å². The third-order valence-electron chi connectivity index (χ3n) is 2.13. The van der Waals surface area contributed by atoms with Crippen LogP contribution in [0.25, 0.3) is 0 Å². The minimum absolute atomic E-state index is 0.0837. The van der Waals surface area contributed by atoms with E-state index in [0.29, 0.717) is 4.47 Å². The summed E-state index contributed by atoms with van der Waals surface area (Å²) in [5.74, 6) is -0.958. The van der Waals surface area contributed by atoms with Crippen molar-refractivity contribution in [3.8, 4) is 11.6 Å². The predicted octanol–water partition coefficient (Wildman–Crippen LogP) is 3.27. The van der Waals surface area contributed by atoms with Gasteiger partial charge >= 0.3 is 0 Å². The molecule has 2 aromatic rings. The summed E-state index contributed by atoms with van der Waals surface area (Å²) in [6, 6.07) is 6.23. The lowest BCUT2D eigenvalue weighted by Crippen LogP contribution is -1.98. The first-order valence-electron chi connectivity index (χ1n) is 5.00. The highest BCUT2D eigenvalue weighted by molar-refractivity contribution is 9.10. The summed E-state index contributed by atoms with van der Waals surface area (Å²) >= 11 is 3.16. The van der Waals surface area contributed by atoms with Crippen molar-refractivity contribution in [2.75, 3.05) is 5.73 Å². The van der Waals surface area contributed by atoms with Crippen molar-refractivity contribution in [3.63, 3.8) is 0 Å². The average molecular weight is 328 g/mol. The first-order chi connectivity index (χ1) is 8.95. The van der Waals surface area contributed by atoms with E-state index in [1.165, 1.54) is 18.2 Å².